The van der Waals surface area contributed by atoms with Gasteiger partial charge in [-0.3, -0.25) is 0 Å². The van der Waals surface area contributed by atoms with Crippen molar-refractivity contribution in [2.45, 2.75) is 71.7 Å². The molecule has 7 atom stereocenters. The van der Waals surface area contributed by atoms with Crippen LogP contribution in [0.3, 0.4) is 0 Å². The molecule has 1 aliphatic carbocycles. The molecule has 0 unspecified atom stereocenters. The summed E-state index contributed by atoms with van der Waals surface area (Å²) in [6, 6.07) is 1.96. The molecule has 1 aromatic rings. The van der Waals surface area contributed by atoms with Crippen LogP contribution in [0.1, 0.15) is 57.1 Å². The van der Waals surface area contributed by atoms with Gasteiger partial charge in [0.1, 0.15) is 23.9 Å². The Morgan fingerprint density at radius 1 is 1.25 bits per heavy atom. The van der Waals surface area contributed by atoms with Gasteiger partial charge in [-0.25, -0.2) is 0 Å². The lowest BCUT2D eigenvalue weighted by Gasteiger charge is -2.54. The van der Waals surface area contributed by atoms with Crippen LogP contribution in [0.2, 0.25) is 0 Å². The SMILES string of the molecule is CC[C@H]1[C@H](C)[C@@H](OCOCCOC)[C@H](C)[C@](O)([C@@H](C)c2oc(C)cc2C)[C@H]1O. The highest BCUT2D eigenvalue weighted by Gasteiger charge is 2.58. The molecule has 28 heavy (non-hydrogen) atoms. The molecule has 0 aromatic carbocycles. The van der Waals surface area contributed by atoms with Crippen LogP contribution in [-0.4, -0.2) is 55.1 Å². The standard InChI is InChI=1S/C22H38O6/c1-8-18-15(4)20(27-12-26-10-9-25-7)17(6)22(24,21(18)23)16(5)19-13(2)11-14(3)28-19/h11,15-18,20-21,23-24H,8-10,12H2,1-7H3/t15-,16-,17-,18-,20+,21-,22+/m0/s1. The molecule has 1 saturated carbocycles. The molecular weight excluding hydrogens is 360 g/mol. The van der Waals surface area contributed by atoms with E-state index in [-0.39, 0.29) is 36.6 Å². The molecule has 1 aromatic heterocycles. The predicted molar refractivity (Wildman–Crippen MR) is 107 cm³/mol. The third-order valence-electron chi connectivity index (χ3n) is 6.71. The van der Waals surface area contributed by atoms with Crippen LogP contribution in [0, 0.1) is 31.6 Å². The molecular formula is C22H38O6. The number of ether oxygens (including phenoxy) is 3. The average Bonchev–Trinajstić information content (AvgIpc) is 3.00. The molecule has 0 bridgehead atoms. The molecule has 0 aliphatic heterocycles. The first kappa shape index (κ1) is 23.4. The first-order valence-corrected chi connectivity index (χ1v) is 10.4. The normalized spacial score (nSPS) is 34.5. The summed E-state index contributed by atoms with van der Waals surface area (Å²) in [4.78, 5) is 0. The number of aliphatic hydroxyl groups is 2. The minimum atomic E-state index is -1.36. The molecule has 1 fully saturated rings. The zero-order chi connectivity index (χ0) is 21.1. The van der Waals surface area contributed by atoms with Crippen molar-refractivity contribution in [1.82, 2.24) is 0 Å². The van der Waals surface area contributed by atoms with Crippen LogP contribution < -0.4 is 0 Å². The molecule has 0 spiro atoms. The number of rotatable bonds is 9. The second-order valence-corrected chi connectivity index (χ2v) is 8.33. The Morgan fingerprint density at radius 3 is 2.46 bits per heavy atom. The summed E-state index contributed by atoms with van der Waals surface area (Å²) in [6.07, 6.45) is -0.346. The topological polar surface area (TPSA) is 81.3 Å². The largest absolute Gasteiger partial charge is 0.466 e. The van der Waals surface area contributed by atoms with Gasteiger partial charge in [0.25, 0.3) is 0 Å². The zero-order valence-corrected chi connectivity index (χ0v) is 18.4. The highest BCUT2D eigenvalue weighted by Crippen LogP contribution is 2.50. The first-order chi connectivity index (χ1) is 13.2. The van der Waals surface area contributed by atoms with Gasteiger partial charge in [-0.2, -0.15) is 0 Å². The summed E-state index contributed by atoms with van der Waals surface area (Å²) in [5.41, 5.74) is -0.371. The third kappa shape index (κ3) is 4.31. The first-order valence-electron chi connectivity index (χ1n) is 10.4. The van der Waals surface area contributed by atoms with Gasteiger partial charge in [-0.1, -0.05) is 34.1 Å². The molecule has 162 valence electrons. The van der Waals surface area contributed by atoms with Crippen molar-refractivity contribution in [3.63, 3.8) is 0 Å². The summed E-state index contributed by atoms with van der Waals surface area (Å²) in [5, 5.41) is 23.1. The summed E-state index contributed by atoms with van der Waals surface area (Å²) in [5.74, 6) is 0.877. The monoisotopic (exact) mass is 398 g/mol. The molecule has 0 amide bonds. The quantitative estimate of drug-likeness (QED) is 0.490. The van der Waals surface area contributed by atoms with Gasteiger partial charge in [-0.15, -0.1) is 0 Å². The van der Waals surface area contributed by atoms with E-state index < -0.39 is 11.7 Å². The van der Waals surface area contributed by atoms with Crippen molar-refractivity contribution in [1.29, 1.82) is 0 Å². The van der Waals surface area contributed by atoms with E-state index in [9.17, 15) is 10.2 Å². The fourth-order valence-electron chi connectivity index (χ4n) is 5.03. The lowest BCUT2D eigenvalue weighted by Crippen LogP contribution is -2.65. The van der Waals surface area contributed by atoms with E-state index in [1.807, 2.05) is 40.7 Å². The molecule has 6 heteroatoms. The Bertz CT molecular complexity index is 614. The maximum atomic E-state index is 11.8. The van der Waals surface area contributed by atoms with Crippen molar-refractivity contribution in [2.24, 2.45) is 17.8 Å². The summed E-state index contributed by atoms with van der Waals surface area (Å²) < 4.78 is 22.5. The lowest BCUT2D eigenvalue weighted by atomic mass is 9.58. The average molecular weight is 399 g/mol. The second-order valence-electron chi connectivity index (χ2n) is 8.33. The third-order valence-corrected chi connectivity index (χ3v) is 6.71. The van der Waals surface area contributed by atoms with E-state index in [1.165, 1.54) is 0 Å². The van der Waals surface area contributed by atoms with Gasteiger partial charge < -0.3 is 28.8 Å². The Balaban J connectivity index is 2.28. The highest BCUT2D eigenvalue weighted by atomic mass is 16.7. The van der Waals surface area contributed by atoms with Gasteiger partial charge in [0.2, 0.25) is 0 Å². The summed E-state index contributed by atoms with van der Waals surface area (Å²) in [7, 11) is 1.63. The molecule has 1 aliphatic rings. The summed E-state index contributed by atoms with van der Waals surface area (Å²) in [6.45, 7) is 13.0. The maximum Gasteiger partial charge on any atom is 0.147 e. The fourth-order valence-corrected chi connectivity index (χ4v) is 5.03. The van der Waals surface area contributed by atoms with Crippen LogP contribution in [0.4, 0.5) is 0 Å². The molecule has 0 saturated heterocycles. The number of aliphatic hydroxyl groups excluding tert-OH is 1. The molecule has 0 radical (unpaired) electrons. The highest BCUT2D eigenvalue weighted by molar-refractivity contribution is 5.27. The fraction of sp³-hybridized carbons (Fsp3) is 0.818. The van der Waals surface area contributed by atoms with Crippen molar-refractivity contribution >= 4 is 0 Å². The number of hydrogen-bond donors (Lipinski definition) is 2. The van der Waals surface area contributed by atoms with Crippen LogP contribution in [0.25, 0.3) is 0 Å². The molecule has 2 rings (SSSR count). The van der Waals surface area contributed by atoms with Gasteiger partial charge in [0.15, 0.2) is 0 Å². The molecule has 2 N–H and O–H groups in total. The number of methoxy groups -OCH3 is 1. The van der Waals surface area contributed by atoms with E-state index in [0.717, 1.165) is 23.5 Å². The Morgan fingerprint density at radius 2 is 1.93 bits per heavy atom. The van der Waals surface area contributed by atoms with Crippen molar-refractivity contribution in [3.05, 3.63) is 23.2 Å². The Labute approximate surface area is 169 Å². The molecule has 6 nitrogen and oxygen atoms in total. The van der Waals surface area contributed by atoms with E-state index in [4.69, 9.17) is 18.6 Å². The molecule has 1 heterocycles. The predicted octanol–water partition coefficient (Wildman–Crippen LogP) is 3.41. The van der Waals surface area contributed by atoms with Crippen LogP contribution >= 0.6 is 0 Å². The lowest BCUT2D eigenvalue weighted by molar-refractivity contribution is -0.244. The van der Waals surface area contributed by atoms with E-state index >= 15 is 0 Å². The number of aryl methyl sites for hydroxylation is 2. The van der Waals surface area contributed by atoms with Gasteiger partial charge >= 0.3 is 0 Å². The van der Waals surface area contributed by atoms with Crippen LogP contribution in [0.15, 0.2) is 10.5 Å². The second kappa shape index (κ2) is 9.72. The van der Waals surface area contributed by atoms with Crippen molar-refractivity contribution < 1.29 is 28.8 Å². The summed E-state index contributed by atoms with van der Waals surface area (Å²) >= 11 is 0. The zero-order valence-electron chi connectivity index (χ0n) is 18.4. The van der Waals surface area contributed by atoms with Crippen LogP contribution in [0.5, 0.6) is 0 Å². The van der Waals surface area contributed by atoms with Crippen molar-refractivity contribution in [2.75, 3.05) is 27.1 Å². The van der Waals surface area contributed by atoms with Crippen LogP contribution in [-0.2, 0) is 14.2 Å². The van der Waals surface area contributed by atoms with E-state index in [2.05, 4.69) is 6.92 Å². The number of hydrogen-bond acceptors (Lipinski definition) is 6. The maximum absolute atomic E-state index is 11.8. The number of furan rings is 1. The Kier molecular flexibility index (Phi) is 8.11. The smallest absolute Gasteiger partial charge is 0.147 e. The van der Waals surface area contributed by atoms with Gasteiger partial charge in [0, 0.05) is 18.9 Å². The Hall–Kier alpha value is -0.920. The van der Waals surface area contributed by atoms with Gasteiger partial charge in [0.05, 0.1) is 25.4 Å². The van der Waals surface area contributed by atoms with Crippen molar-refractivity contribution in [3.8, 4) is 0 Å². The minimum absolute atomic E-state index is 0.0796. The van der Waals surface area contributed by atoms with Gasteiger partial charge in [-0.05, 0) is 37.3 Å². The van der Waals surface area contributed by atoms with E-state index in [0.29, 0.717) is 13.2 Å². The minimum Gasteiger partial charge on any atom is -0.466 e. The van der Waals surface area contributed by atoms with E-state index in [1.54, 1.807) is 7.11 Å².